The topological polar surface area (TPSA) is 91.4 Å². The summed E-state index contributed by atoms with van der Waals surface area (Å²) in [7, 11) is 0. The average Bonchev–Trinajstić information content (AvgIpc) is 3.40. The van der Waals surface area contributed by atoms with Crippen LogP contribution < -0.4 is 5.32 Å². The second-order valence-electron chi connectivity index (χ2n) is 8.36. The Kier molecular flexibility index (Phi) is 5.34. The zero-order valence-corrected chi connectivity index (χ0v) is 18.1. The largest absolute Gasteiger partial charge is 0.480 e. The maximum absolute atomic E-state index is 12.7. The van der Waals surface area contributed by atoms with Crippen molar-refractivity contribution in [3.05, 3.63) is 95.7 Å². The predicted octanol–water partition coefficient (Wildman–Crippen LogP) is 5.26. The van der Waals surface area contributed by atoms with Crippen molar-refractivity contribution >= 4 is 23.0 Å². The minimum atomic E-state index is -1.13. The highest BCUT2D eigenvalue weighted by molar-refractivity contribution is 5.86. The Morgan fingerprint density at radius 1 is 0.970 bits per heavy atom. The molecule has 1 aromatic heterocycles. The number of carboxylic acids is 1. The zero-order chi connectivity index (χ0) is 22.9. The van der Waals surface area contributed by atoms with E-state index in [-0.39, 0.29) is 12.5 Å². The van der Waals surface area contributed by atoms with E-state index in [4.69, 9.17) is 4.74 Å². The molecule has 0 bridgehead atoms. The molecular weight excluding hydrogens is 416 g/mol. The van der Waals surface area contributed by atoms with E-state index in [1.807, 2.05) is 60.7 Å². The fourth-order valence-corrected chi connectivity index (χ4v) is 4.82. The predicted molar refractivity (Wildman–Crippen MR) is 126 cm³/mol. The molecule has 0 unspecified atom stereocenters. The summed E-state index contributed by atoms with van der Waals surface area (Å²) in [4.78, 5) is 27.8. The van der Waals surface area contributed by atoms with Crippen LogP contribution in [0.3, 0.4) is 0 Å². The van der Waals surface area contributed by atoms with Crippen LogP contribution in [0.4, 0.5) is 4.79 Å². The molecule has 1 amide bonds. The highest BCUT2D eigenvalue weighted by Crippen LogP contribution is 2.44. The summed E-state index contributed by atoms with van der Waals surface area (Å²) in [5.41, 5.74) is 6.24. The van der Waals surface area contributed by atoms with Crippen LogP contribution in [0.5, 0.6) is 0 Å². The van der Waals surface area contributed by atoms with Gasteiger partial charge < -0.3 is 20.1 Å². The average molecular weight is 440 g/mol. The van der Waals surface area contributed by atoms with E-state index in [1.54, 1.807) is 13.1 Å². The van der Waals surface area contributed by atoms with E-state index in [1.165, 1.54) is 0 Å². The van der Waals surface area contributed by atoms with Crippen LogP contribution in [0.25, 0.3) is 22.0 Å². The summed E-state index contributed by atoms with van der Waals surface area (Å²) in [5.74, 6) is -1.65. The van der Waals surface area contributed by atoms with Crippen LogP contribution in [0, 0.1) is 0 Å². The third kappa shape index (κ3) is 3.74. The van der Waals surface area contributed by atoms with Crippen molar-refractivity contribution in [2.75, 3.05) is 6.61 Å². The number of carboxylic acid groups (broad SMARTS) is 1. The van der Waals surface area contributed by atoms with Crippen molar-refractivity contribution in [3.8, 4) is 11.1 Å². The van der Waals surface area contributed by atoms with Crippen molar-refractivity contribution in [1.82, 2.24) is 10.3 Å². The van der Waals surface area contributed by atoms with Gasteiger partial charge in [0.05, 0.1) is 0 Å². The van der Waals surface area contributed by atoms with Gasteiger partial charge in [0.1, 0.15) is 12.6 Å². The summed E-state index contributed by atoms with van der Waals surface area (Å²) >= 11 is 0. The van der Waals surface area contributed by atoms with Gasteiger partial charge >= 0.3 is 12.1 Å². The maximum Gasteiger partial charge on any atom is 0.407 e. The number of hydrogen-bond donors (Lipinski definition) is 3. The van der Waals surface area contributed by atoms with Crippen LogP contribution in [-0.2, 0) is 9.53 Å². The van der Waals surface area contributed by atoms with E-state index in [0.29, 0.717) is 0 Å². The highest BCUT2D eigenvalue weighted by atomic mass is 16.5. The molecule has 6 nitrogen and oxygen atoms in total. The number of aliphatic carboxylic acids is 1. The second kappa shape index (κ2) is 8.47. The summed E-state index contributed by atoms with van der Waals surface area (Å²) in [6.07, 6.45) is 1.06. The van der Waals surface area contributed by atoms with E-state index >= 15 is 0 Å². The van der Waals surface area contributed by atoms with Gasteiger partial charge in [-0.25, -0.2) is 9.59 Å². The molecule has 0 fully saturated rings. The third-order valence-corrected chi connectivity index (χ3v) is 6.49. The van der Waals surface area contributed by atoms with Crippen molar-refractivity contribution in [1.29, 1.82) is 0 Å². The first-order chi connectivity index (χ1) is 16.0. The molecule has 1 aliphatic carbocycles. The summed E-state index contributed by atoms with van der Waals surface area (Å²) < 4.78 is 5.55. The second-order valence-corrected chi connectivity index (χ2v) is 8.36. The molecule has 0 spiro atoms. The van der Waals surface area contributed by atoms with Crippen molar-refractivity contribution in [2.45, 2.75) is 24.8 Å². The number of aromatic nitrogens is 1. The van der Waals surface area contributed by atoms with Crippen molar-refractivity contribution < 1.29 is 19.4 Å². The number of alkyl carbamates (subject to hydrolysis) is 1. The first-order valence-corrected chi connectivity index (χ1v) is 10.9. The molecule has 6 heteroatoms. The van der Waals surface area contributed by atoms with Crippen LogP contribution in [0.1, 0.15) is 35.4 Å². The Labute approximate surface area is 191 Å². The Balaban J connectivity index is 1.31. The smallest absolute Gasteiger partial charge is 0.407 e. The minimum absolute atomic E-state index is 0.0857. The standard InChI is InChI=1S/C27H24N2O4/c1-16(22-14-28-24-13-7-6-12-21(22)24)25(26(30)31)29-27(32)33-15-23-19-10-4-2-8-17(19)18-9-3-5-11-20(18)23/h2-14,16,23,25,28H,15H2,1H3,(H,29,32)(H,30,31)/t16-,25+/m1/s1. The van der Waals surface area contributed by atoms with Gasteiger partial charge in [-0.05, 0) is 33.9 Å². The SMILES string of the molecule is C[C@H](c1c[nH]c2ccccc12)[C@H](NC(=O)OCC1c2ccccc2-c2ccccc21)C(=O)O. The highest BCUT2D eigenvalue weighted by Gasteiger charge is 2.32. The molecule has 3 aromatic carbocycles. The molecule has 0 saturated carbocycles. The molecule has 166 valence electrons. The monoisotopic (exact) mass is 440 g/mol. The number of hydrogen-bond acceptors (Lipinski definition) is 3. The van der Waals surface area contributed by atoms with Gasteiger partial charge in [0.25, 0.3) is 0 Å². The molecule has 5 rings (SSSR count). The number of benzene rings is 3. The maximum atomic E-state index is 12.7. The molecular formula is C27H24N2O4. The quantitative estimate of drug-likeness (QED) is 0.381. The van der Waals surface area contributed by atoms with Crippen LogP contribution >= 0.6 is 0 Å². The lowest BCUT2D eigenvalue weighted by Crippen LogP contribution is -2.44. The Hall–Kier alpha value is -4.06. The number of carbonyl (C=O) groups excluding carboxylic acids is 1. The summed E-state index contributed by atoms with van der Waals surface area (Å²) in [5, 5.41) is 13.3. The number of ether oxygens (including phenoxy) is 1. The van der Waals surface area contributed by atoms with Gasteiger partial charge in [-0.1, -0.05) is 73.7 Å². The fraction of sp³-hybridized carbons (Fsp3) is 0.185. The van der Waals surface area contributed by atoms with E-state index in [2.05, 4.69) is 22.4 Å². The van der Waals surface area contributed by atoms with Gasteiger partial charge in [-0.15, -0.1) is 0 Å². The molecule has 3 N–H and O–H groups in total. The first-order valence-electron chi connectivity index (χ1n) is 10.9. The molecule has 1 aliphatic rings. The number of amides is 1. The number of carbonyl (C=O) groups is 2. The minimum Gasteiger partial charge on any atom is -0.480 e. The van der Waals surface area contributed by atoms with Gasteiger partial charge in [0, 0.05) is 28.9 Å². The number of fused-ring (bicyclic) bond motifs is 4. The lowest BCUT2D eigenvalue weighted by atomic mass is 9.93. The van der Waals surface area contributed by atoms with Gasteiger partial charge in [-0.2, -0.15) is 0 Å². The first kappa shape index (κ1) is 20.8. The Morgan fingerprint density at radius 2 is 1.58 bits per heavy atom. The van der Waals surface area contributed by atoms with Gasteiger partial charge in [-0.3, -0.25) is 0 Å². The molecule has 2 atom stereocenters. The van der Waals surface area contributed by atoms with Crippen LogP contribution in [0.2, 0.25) is 0 Å². The molecule has 0 saturated heterocycles. The van der Waals surface area contributed by atoms with Crippen molar-refractivity contribution in [2.24, 2.45) is 0 Å². The lowest BCUT2D eigenvalue weighted by molar-refractivity contribution is -0.139. The fourth-order valence-electron chi connectivity index (χ4n) is 4.82. The van der Waals surface area contributed by atoms with Crippen LogP contribution in [-0.4, -0.2) is 34.8 Å². The Morgan fingerprint density at radius 3 is 2.24 bits per heavy atom. The number of aromatic amines is 1. The molecule has 4 aromatic rings. The zero-order valence-electron chi connectivity index (χ0n) is 18.1. The summed E-state index contributed by atoms with van der Waals surface area (Å²) in [6.45, 7) is 1.92. The van der Waals surface area contributed by atoms with Crippen LogP contribution in [0.15, 0.2) is 79.0 Å². The molecule has 1 heterocycles. The number of H-pyrrole nitrogens is 1. The Bertz CT molecular complexity index is 1300. The van der Waals surface area contributed by atoms with E-state index in [0.717, 1.165) is 38.7 Å². The third-order valence-electron chi connectivity index (χ3n) is 6.49. The summed E-state index contributed by atoms with van der Waals surface area (Å²) in [6, 6.07) is 22.7. The molecule has 0 aliphatic heterocycles. The number of para-hydroxylation sites is 1. The van der Waals surface area contributed by atoms with Crippen molar-refractivity contribution in [3.63, 3.8) is 0 Å². The van der Waals surface area contributed by atoms with E-state index in [9.17, 15) is 14.7 Å². The lowest BCUT2D eigenvalue weighted by Gasteiger charge is -2.22. The van der Waals surface area contributed by atoms with Gasteiger partial charge in [0.15, 0.2) is 0 Å². The molecule has 0 radical (unpaired) electrons. The van der Waals surface area contributed by atoms with Gasteiger partial charge in [0.2, 0.25) is 0 Å². The number of rotatable bonds is 6. The number of nitrogens with one attached hydrogen (secondary N) is 2. The normalized spacial score (nSPS) is 14.3. The molecule has 33 heavy (non-hydrogen) atoms. The van der Waals surface area contributed by atoms with E-state index < -0.39 is 24.0 Å².